The van der Waals surface area contributed by atoms with Crippen LogP contribution in [0.15, 0.2) is 18.2 Å². The standard InChI is InChI=1S/C14H18ClNO3/c1-18-13-4-2-10(15)6-9(13)7-12(17)14-5-3-11(8-16)19-14/h2,4,6,11,14H,3,5,7-8,16H2,1H3. The minimum absolute atomic E-state index is 0.00945. The summed E-state index contributed by atoms with van der Waals surface area (Å²) in [6.45, 7) is 0.463. The monoisotopic (exact) mass is 283 g/mol. The maximum atomic E-state index is 12.2. The van der Waals surface area contributed by atoms with E-state index in [1.54, 1.807) is 25.3 Å². The Morgan fingerprint density at radius 1 is 1.53 bits per heavy atom. The fourth-order valence-corrected chi connectivity index (χ4v) is 2.50. The number of halogens is 1. The van der Waals surface area contributed by atoms with Gasteiger partial charge in [-0.15, -0.1) is 0 Å². The van der Waals surface area contributed by atoms with E-state index in [0.29, 0.717) is 17.3 Å². The Hall–Kier alpha value is -1.10. The minimum Gasteiger partial charge on any atom is -0.496 e. The summed E-state index contributed by atoms with van der Waals surface area (Å²) < 4.78 is 10.8. The van der Waals surface area contributed by atoms with Gasteiger partial charge in [0.05, 0.1) is 13.2 Å². The van der Waals surface area contributed by atoms with E-state index in [9.17, 15) is 4.79 Å². The Bertz CT molecular complexity index is 464. The van der Waals surface area contributed by atoms with Gasteiger partial charge in [-0.3, -0.25) is 4.79 Å². The summed E-state index contributed by atoms with van der Waals surface area (Å²) in [5, 5.41) is 0.593. The van der Waals surface area contributed by atoms with E-state index in [1.807, 2.05) is 0 Å². The molecule has 1 aliphatic heterocycles. The first-order valence-corrected chi connectivity index (χ1v) is 6.72. The third-order valence-corrected chi connectivity index (χ3v) is 3.57. The Morgan fingerprint density at radius 3 is 2.95 bits per heavy atom. The summed E-state index contributed by atoms with van der Waals surface area (Å²) in [6, 6.07) is 5.27. The minimum atomic E-state index is -0.350. The lowest BCUT2D eigenvalue weighted by Crippen LogP contribution is -2.26. The van der Waals surface area contributed by atoms with E-state index in [2.05, 4.69) is 0 Å². The second-order valence-electron chi connectivity index (χ2n) is 4.66. The van der Waals surface area contributed by atoms with E-state index in [4.69, 9.17) is 26.8 Å². The van der Waals surface area contributed by atoms with Crippen molar-refractivity contribution >= 4 is 17.4 Å². The Morgan fingerprint density at radius 2 is 2.32 bits per heavy atom. The quantitative estimate of drug-likeness (QED) is 0.897. The molecular formula is C14H18ClNO3. The maximum Gasteiger partial charge on any atom is 0.166 e. The molecule has 0 aliphatic carbocycles. The van der Waals surface area contributed by atoms with E-state index in [1.165, 1.54) is 0 Å². The lowest BCUT2D eigenvalue weighted by Gasteiger charge is -2.13. The van der Waals surface area contributed by atoms with Gasteiger partial charge in [-0.1, -0.05) is 11.6 Å². The van der Waals surface area contributed by atoms with Crippen molar-refractivity contribution in [2.75, 3.05) is 13.7 Å². The third-order valence-electron chi connectivity index (χ3n) is 3.34. The molecule has 0 bridgehead atoms. The zero-order valence-corrected chi connectivity index (χ0v) is 11.7. The number of hydrogen-bond acceptors (Lipinski definition) is 4. The van der Waals surface area contributed by atoms with Crippen LogP contribution in [0.25, 0.3) is 0 Å². The molecule has 1 aromatic rings. The summed E-state index contributed by atoms with van der Waals surface area (Å²) in [7, 11) is 1.58. The van der Waals surface area contributed by atoms with Gasteiger partial charge >= 0.3 is 0 Å². The summed E-state index contributed by atoms with van der Waals surface area (Å²) >= 11 is 5.95. The Labute approximate surface area is 117 Å². The molecule has 19 heavy (non-hydrogen) atoms. The Kier molecular flexibility index (Phi) is 4.80. The highest BCUT2D eigenvalue weighted by Gasteiger charge is 2.30. The highest BCUT2D eigenvalue weighted by atomic mass is 35.5. The summed E-state index contributed by atoms with van der Waals surface area (Å²) in [4.78, 5) is 12.2. The third kappa shape index (κ3) is 3.47. The van der Waals surface area contributed by atoms with Crippen LogP contribution in [0.1, 0.15) is 18.4 Å². The van der Waals surface area contributed by atoms with E-state index in [0.717, 1.165) is 18.4 Å². The van der Waals surface area contributed by atoms with Gasteiger partial charge in [0.25, 0.3) is 0 Å². The molecular weight excluding hydrogens is 266 g/mol. The summed E-state index contributed by atoms with van der Waals surface area (Å²) in [5.74, 6) is 0.725. The number of rotatable bonds is 5. The zero-order chi connectivity index (χ0) is 13.8. The molecule has 2 N–H and O–H groups in total. The normalized spacial score (nSPS) is 22.5. The zero-order valence-electron chi connectivity index (χ0n) is 10.9. The number of benzene rings is 1. The number of carbonyl (C=O) groups is 1. The fourth-order valence-electron chi connectivity index (χ4n) is 2.30. The molecule has 0 saturated carbocycles. The number of carbonyl (C=O) groups excluding carboxylic acids is 1. The first kappa shape index (κ1) is 14.3. The summed E-state index contributed by atoms with van der Waals surface area (Å²) in [5.41, 5.74) is 6.33. The van der Waals surface area contributed by atoms with Crippen molar-refractivity contribution in [2.45, 2.75) is 31.5 Å². The van der Waals surface area contributed by atoms with Crippen LogP contribution >= 0.6 is 11.6 Å². The van der Waals surface area contributed by atoms with E-state index < -0.39 is 0 Å². The van der Waals surface area contributed by atoms with Crippen molar-refractivity contribution in [3.05, 3.63) is 28.8 Å². The molecule has 1 aromatic carbocycles. The summed E-state index contributed by atoms with van der Waals surface area (Å²) in [6.07, 6.45) is 1.52. The van der Waals surface area contributed by atoms with E-state index >= 15 is 0 Å². The predicted octanol–water partition coefficient (Wildman–Crippen LogP) is 1.97. The van der Waals surface area contributed by atoms with Crippen LogP contribution in [0.3, 0.4) is 0 Å². The number of ether oxygens (including phenoxy) is 2. The maximum absolute atomic E-state index is 12.2. The van der Waals surface area contributed by atoms with Gasteiger partial charge in [-0.25, -0.2) is 0 Å². The molecule has 104 valence electrons. The van der Waals surface area contributed by atoms with Crippen LogP contribution < -0.4 is 10.5 Å². The van der Waals surface area contributed by atoms with Crippen molar-refractivity contribution in [1.29, 1.82) is 0 Å². The van der Waals surface area contributed by atoms with Crippen molar-refractivity contribution < 1.29 is 14.3 Å². The molecule has 2 rings (SSSR count). The van der Waals surface area contributed by atoms with Crippen LogP contribution in [0.2, 0.25) is 5.02 Å². The van der Waals surface area contributed by atoms with Crippen LogP contribution in [0.4, 0.5) is 0 Å². The molecule has 2 atom stereocenters. The second kappa shape index (κ2) is 6.37. The molecule has 2 unspecified atom stereocenters. The molecule has 0 amide bonds. The topological polar surface area (TPSA) is 61.5 Å². The molecule has 4 nitrogen and oxygen atoms in total. The van der Waals surface area contributed by atoms with Gasteiger partial charge in [0.2, 0.25) is 0 Å². The molecule has 1 heterocycles. The fraction of sp³-hybridized carbons (Fsp3) is 0.500. The first-order chi connectivity index (χ1) is 9.13. The molecule has 1 fully saturated rings. The average Bonchev–Trinajstić information content (AvgIpc) is 2.88. The van der Waals surface area contributed by atoms with Gasteiger partial charge in [0.15, 0.2) is 5.78 Å². The van der Waals surface area contributed by atoms with Crippen molar-refractivity contribution in [2.24, 2.45) is 5.73 Å². The molecule has 0 aromatic heterocycles. The van der Waals surface area contributed by atoms with Crippen LogP contribution in [0, 0.1) is 0 Å². The molecule has 0 radical (unpaired) electrons. The van der Waals surface area contributed by atoms with Crippen LogP contribution in [-0.4, -0.2) is 31.6 Å². The number of hydrogen-bond donors (Lipinski definition) is 1. The number of nitrogens with two attached hydrogens (primary N) is 1. The van der Waals surface area contributed by atoms with Gasteiger partial charge in [0, 0.05) is 23.6 Å². The van der Waals surface area contributed by atoms with Crippen molar-refractivity contribution in [1.82, 2.24) is 0 Å². The SMILES string of the molecule is COc1ccc(Cl)cc1CC(=O)C1CCC(CN)O1. The first-order valence-electron chi connectivity index (χ1n) is 6.34. The molecule has 5 heteroatoms. The van der Waals surface area contributed by atoms with Gasteiger partial charge in [0.1, 0.15) is 11.9 Å². The second-order valence-corrected chi connectivity index (χ2v) is 5.10. The predicted molar refractivity (Wildman–Crippen MR) is 73.7 cm³/mol. The number of Topliss-reactive ketones (excluding diaryl/α,β-unsaturated/α-hetero) is 1. The van der Waals surface area contributed by atoms with E-state index in [-0.39, 0.29) is 24.4 Å². The smallest absolute Gasteiger partial charge is 0.166 e. The highest BCUT2D eigenvalue weighted by Crippen LogP contribution is 2.26. The van der Waals surface area contributed by atoms with Crippen molar-refractivity contribution in [3.63, 3.8) is 0 Å². The number of methoxy groups -OCH3 is 1. The molecule has 1 aliphatic rings. The highest BCUT2D eigenvalue weighted by molar-refractivity contribution is 6.30. The molecule has 0 spiro atoms. The van der Waals surface area contributed by atoms with Crippen LogP contribution in [0.5, 0.6) is 5.75 Å². The average molecular weight is 284 g/mol. The molecule has 1 saturated heterocycles. The van der Waals surface area contributed by atoms with Gasteiger partial charge < -0.3 is 15.2 Å². The lowest BCUT2D eigenvalue weighted by atomic mass is 10.0. The largest absolute Gasteiger partial charge is 0.496 e. The van der Waals surface area contributed by atoms with Gasteiger partial charge in [-0.2, -0.15) is 0 Å². The van der Waals surface area contributed by atoms with Gasteiger partial charge in [-0.05, 0) is 31.0 Å². The van der Waals surface area contributed by atoms with Crippen molar-refractivity contribution in [3.8, 4) is 5.75 Å². The van der Waals surface area contributed by atoms with Crippen LogP contribution in [-0.2, 0) is 16.0 Å². The Balaban J connectivity index is 2.05. The number of ketones is 1. The lowest BCUT2D eigenvalue weighted by molar-refractivity contribution is -0.128.